The van der Waals surface area contributed by atoms with Crippen LogP contribution in [0.5, 0.6) is 0 Å². The van der Waals surface area contributed by atoms with E-state index in [0.29, 0.717) is 6.04 Å². The van der Waals surface area contributed by atoms with E-state index in [4.69, 9.17) is 0 Å². The summed E-state index contributed by atoms with van der Waals surface area (Å²) in [4.78, 5) is 4.87. The molecule has 1 aromatic carbocycles. The van der Waals surface area contributed by atoms with Crippen molar-refractivity contribution in [2.75, 3.05) is 33.2 Å². The highest BCUT2D eigenvalue weighted by Gasteiger charge is 2.25. The van der Waals surface area contributed by atoms with Gasteiger partial charge in [-0.05, 0) is 38.5 Å². The highest BCUT2D eigenvalue weighted by Crippen LogP contribution is 2.20. The number of nitriles is 1. The SMILES string of the molecule is CCN1CCCC1CN(C)CC(C#N)c1ccccc1. The van der Waals surface area contributed by atoms with Crippen LogP contribution in [0, 0.1) is 11.3 Å². The average molecular weight is 271 g/mol. The molecule has 1 aliphatic heterocycles. The molecule has 0 spiro atoms. The quantitative estimate of drug-likeness (QED) is 0.797. The number of hydrogen-bond acceptors (Lipinski definition) is 3. The fourth-order valence-corrected chi connectivity index (χ4v) is 3.17. The van der Waals surface area contributed by atoms with Crippen LogP contribution in [-0.2, 0) is 0 Å². The summed E-state index contributed by atoms with van der Waals surface area (Å²) in [6.07, 6.45) is 2.60. The van der Waals surface area contributed by atoms with Crippen molar-refractivity contribution in [1.29, 1.82) is 5.26 Å². The Labute approximate surface area is 122 Å². The fourth-order valence-electron chi connectivity index (χ4n) is 3.17. The lowest BCUT2D eigenvalue weighted by atomic mass is 10.00. The van der Waals surface area contributed by atoms with Crippen LogP contribution in [0.15, 0.2) is 30.3 Å². The largest absolute Gasteiger partial charge is 0.303 e. The number of rotatable bonds is 6. The van der Waals surface area contributed by atoms with Crippen LogP contribution in [0.25, 0.3) is 0 Å². The summed E-state index contributed by atoms with van der Waals surface area (Å²) in [6.45, 7) is 6.49. The van der Waals surface area contributed by atoms with Gasteiger partial charge in [-0.2, -0.15) is 5.26 Å². The van der Waals surface area contributed by atoms with Crippen LogP contribution in [0.4, 0.5) is 0 Å². The Morgan fingerprint density at radius 1 is 1.40 bits per heavy atom. The van der Waals surface area contributed by atoms with Crippen LogP contribution < -0.4 is 0 Å². The zero-order valence-electron chi connectivity index (χ0n) is 12.6. The predicted molar refractivity (Wildman–Crippen MR) is 82.6 cm³/mol. The zero-order valence-corrected chi connectivity index (χ0v) is 12.6. The highest BCUT2D eigenvalue weighted by molar-refractivity contribution is 5.25. The molecule has 108 valence electrons. The lowest BCUT2D eigenvalue weighted by Gasteiger charge is -2.28. The molecule has 1 saturated heterocycles. The van der Waals surface area contributed by atoms with Gasteiger partial charge in [-0.25, -0.2) is 0 Å². The highest BCUT2D eigenvalue weighted by atomic mass is 15.2. The number of nitrogens with zero attached hydrogens (tertiary/aromatic N) is 3. The first-order valence-electron chi connectivity index (χ1n) is 7.61. The smallest absolute Gasteiger partial charge is 0.0839 e. The summed E-state index contributed by atoms with van der Waals surface area (Å²) in [5.74, 6) is -0.0299. The summed E-state index contributed by atoms with van der Waals surface area (Å²) in [6, 6.07) is 13.2. The Morgan fingerprint density at radius 2 is 2.15 bits per heavy atom. The normalized spacial score (nSPS) is 21.0. The molecule has 0 saturated carbocycles. The molecule has 0 aliphatic carbocycles. The standard InChI is InChI=1S/C17H25N3/c1-3-20-11-7-10-17(20)14-19(2)13-16(12-18)15-8-5-4-6-9-15/h4-6,8-9,16-17H,3,7,10-11,13-14H2,1-2H3. The van der Waals surface area contributed by atoms with Gasteiger partial charge in [0.15, 0.2) is 0 Å². The van der Waals surface area contributed by atoms with Crippen molar-refractivity contribution < 1.29 is 0 Å². The second-order valence-electron chi connectivity index (χ2n) is 5.74. The Morgan fingerprint density at radius 3 is 2.80 bits per heavy atom. The summed E-state index contributed by atoms with van der Waals surface area (Å²) in [5, 5.41) is 9.40. The number of likely N-dealkylation sites (N-methyl/N-ethyl adjacent to an activating group) is 2. The lowest BCUT2D eigenvalue weighted by molar-refractivity contribution is 0.197. The lowest BCUT2D eigenvalue weighted by Crippen LogP contribution is -2.39. The van der Waals surface area contributed by atoms with Gasteiger partial charge in [0.25, 0.3) is 0 Å². The molecule has 0 amide bonds. The molecule has 3 nitrogen and oxygen atoms in total. The monoisotopic (exact) mass is 271 g/mol. The Bertz CT molecular complexity index is 437. The van der Waals surface area contributed by atoms with Gasteiger partial charge in [-0.15, -0.1) is 0 Å². The van der Waals surface area contributed by atoms with Gasteiger partial charge in [0, 0.05) is 19.1 Å². The molecule has 0 radical (unpaired) electrons. The minimum atomic E-state index is -0.0299. The topological polar surface area (TPSA) is 30.3 Å². The molecular formula is C17H25N3. The maximum atomic E-state index is 9.40. The summed E-state index contributed by atoms with van der Waals surface area (Å²) < 4.78 is 0. The van der Waals surface area contributed by atoms with Gasteiger partial charge in [0.1, 0.15) is 0 Å². The van der Waals surface area contributed by atoms with E-state index in [0.717, 1.165) is 25.2 Å². The number of likely N-dealkylation sites (tertiary alicyclic amines) is 1. The molecule has 1 fully saturated rings. The number of benzene rings is 1. The summed E-state index contributed by atoms with van der Waals surface area (Å²) in [7, 11) is 2.14. The van der Waals surface area contributed by atoms with Gasteiger partial charge in [0.05, 0.1) is 12.0 Å². The minimum Gasteiger partial charge on any atom is -0.303 e. The Kier molecular flexibility index (Phi) is 5.58. The molecule has 0 bridgehead atoms. The first-order chi connectivity index (χ1) is 9.74. The van der Waals surface area contributed by atoms with Crippen molar-refractivity contribution >= 4 is 0 Å². The van der Waals surface area contributed by atoms with E-state index < -0.39 is 0 Å². The molecule has 1 aliphatic rings. The molecular weight excluding hydrogens is 246 g/mol. The van der Waals surface area contributed by atoms with Crippen LogP contribution >= 0.6 is 0 Å². The van der Waals surface area contributed by atoms with Crippen molar-refractivity contribution in [3.05, 3.63) is 35.9 Å². The average Bonchev–Trinajstić information content (AvgIpc) is 2.92. The van der Waals surface area contributed by atoms with Gasteiger partial charge in [-0.1, -0.05) is 37.3 Å². The van der Waals surface area contributed by atoms with E-state index in [2.05, 4.69) is 42.0 Å². The first-order valence-corrected chi connectivity index (χ1v) is 7.61. The third kappa shape index (κ3) is 3.82. The van der Waals surface area contributed by atoms with E-state index in [1.165, 1.54) is 19.4 Å². The van der Waals surface area contributed by atoms with E-state index in [9.17, 15) is 5.26 Å². The van der Waals surface area contributed by atoms with Crippen molar-refractivity contribution in [3.8, 4) is 6.07 Å². The second-order valence-corrected chi connectivity index (χ2v) is 5.74. The van der Waals surface area contributed by atoms with Crippen LogP contribution in [-0.4, -0.2) is 49.1 Å². The molecule has 0 N–H and O–H groups in total. The molecule has 2 atom stereocenters. The van der Waals surface area contributed by atoms with Crippen LogP contribution in [0.1, 0.15) is 31.2 Å². The third-order valence-electron chi connectivity index (χ3n) is 4.28. The molecule has 1 aromatic rings. The molecule has 2 rings (SSSR count). The maximum Gasteiger partial charge on any atom is 0.0839 e. The summed E-state index contributed by atoms with van der Waals surface area (Å²) in [5.41, 5.74) is 1.13. The van der Waals surface area contributed by atoms with Crippen molar-refractivity contribution in [2.24, 2.45) is 0 Å². The van der Waals surface area contributed by atoms with Crippen molar-refractivity contribution in [3.63, 3.8) is 0 Å². The molecule has 2 unspecified atom stereocenters. The Hall–Kier alpha value is -1.37. The Balaban J connectivity index is 1.90. The molecule has 3 heteroatoms. The maximum absolute atomic E-state index is 9.40. The van der Waals surface area contributed by atoms with Gasteiger partial charge < -0.3 is 4.90 Å². The van der Waals surface area contributed by atoms with E-state index in [1.807, 2.05) is 18.2 Å². The van der Waals surface area contributed by atoms with E-state index in [-0.39, 0.29) is 5.92 Å². The molecule has 1 heterocycles. The van der Waals surface area contributed by atoms with Crippen LogP contribution in [0.3, 0.4) is 0 Å². The van der Waals surface area contributed by atoms with Crippen molar-refractivity contribution in [1.82, 2.24) is 9.80 Å². The molecule has 0 aromatic heterocycles. The van der Waals surface area contributed by atoms with E-state index in [1.54, 1.807) is 0 Å². The predicted octanol–water partition coefficient (Wildman–Crippen LogP) is 2.71. The third-order valence-corrected chi connectivity index (χ3v) is 4.28. The zero-order chi connectivity index (χ0) is 14.4. The minimum absolute atomic E-state index is 0.0299. The molecule has 20 heavy (non-hydrogen) atoms. The second kappa shape index (κ2) is 7.42. The first kappa shape index (κ1) is 15.0. The van der Waals surface area contributed by atoms with Crippen molar-refractivity contribution in [2.45, 2.75) is 31.7 Å². The fraction of sp³-hybridized carbons (Fsp3) is 0.588. The number of hydrogen-bond donors (Lipinski definition) is 0. The summed E-state index contributed by atoms with van der Waals surface area (Å²) >= 11 is 0. The van der Waals surface area contributed by atoms with E-state index >= 15 is 0 Å². The van der Waals surface area contributed by atoms with Crippen LogP contribution in [0.2, 0.25) is 0 Å². The van der Waals surface area contributed by atoms with Gasteiger partial charge in [0.2, 0.25) is 0 Å². The van der Waals surface area contributed by atoms with Gasteiger partial charge >= 0.3 is 0 Å². The van der Waals surface area contributed by atoms with Gasteiger partial charge in [-0.3, -0.25) is 4.90 Å².